The summed E-state index contributed by atoms with van der Waals surface area (Å²) in [6.45, 7) is 4.47. The Morgan fingerprint density at radius 3 is 2.52 bits per heavy atom. The Hall–Kier alpha value is -3.49. The standard InChI is InChI=1S/C24H20F5NO3/c1-3-10-33-23(32)22-14(2)30(13-15-8-9-19(25)20(26)11-15)21(31)12-17(22)16-6-4-5-7-18(16)24(27,28)29/h3-9,11,17H,1,10,12-13H2,2H3/t17-/m1/s1. The van der Waals surface area contributed by atoms with Gasteiger partial charge in [0.05, 0.1) is 17.7 Å². The van der Waals surface area contributed by atoms with Crippen LogP contribution in [-0.2, 0) is 27.0 Å². The molecule has 174 valence electrons. The Morgan fingerprint density at radius 2 is 1.88 bits per heavy atom. The number of rotatable bonds is 6. The van der Waals surface area contributed by atoms with Gasteiger partial charge in [-0.15, -0.1) is 0 Å². The number of carbonyl (C=O) groups is 2. The van der Waals surface area contributed by atoms with Crippen LogP contribution >= 0.6 is 0 Å². The second kappa shape index (κ2) is 9.56. The fraction of sp³-hybridized carbons (Fsp3) is 0.250. The van der Waals surface area contributed by atoms with Crippen molar-refractivity contribution in [3.63, 3.8) is 0 Å². The summed E-state index contributed by atoms with van der Waals surface area (Å²) in [7, 11) is 0. The maximum absolute atomic E-state index is 13.7. The summed E-state index contributed by atoms with van der Waals surface area (Å²) >= 11 is 0. The van der Waals surface area contributed by atoms with Gasteiger partial charge < -0.3 is 9.64 Å². The van der Waals surface area contributed by atoms with Crippen LogP contribution in [0.4, 0.5) is 22.0 Å². The first-order chi connectivity index (χ1) is 15.5. The van der Waals surface area contributed by atoms with Crippen molar-refractivity contribution in [1.29, 1.82) is 0 Å². The lowest BCUT2D eigenvalue weighted by atomic mass is 9.81. The molecule has 0 bridgehead atoms. The summed E-state index contributed by atoms with van der Waals surface area (Å²) in [4.78, 5) is 27.0. The van der Waals surface area contributed by atoms with E-state index in [2.05, 4.69) is 6.58 Å². The van der Waals surface area contributed by atoms with E-state index in [1.807, 2.05) is 0 Å². The number of allylic oxidation sites excluding steroid dienone is 1. The third-order valence-corrected chi connectivity index (χ3v) is 5.34. The third-order valence-electron chi connectivity index (χ3n) is 5.34. The van der Waals surface area contributed by atoms with E-state index < -0.39 is 47.6 Å². The predicted octanol–water partition coefficient (Wildman–Crippen LogP) is 5.50. The molecule has 2 aromatic carbocycles. The van der Waals surface area contributed by atoms with E-state index in [4.69, 9.17) is 4.74 Å². The number of ether oxygens (including phenoxy) is 1. The molecule has 0 radical (unpaired) electrons. The minimum atomic E-state index is -4.70. The van der Waals surface area contributed by atoms with E-state index in [9.17, 15) is 31.5 Å². The van der Waals surface area contributed by atoms with Crippen molar-refractivity contribution in [2.75, 3.05) is 6.61 Å². The molecule has 1 heterocycles. The molecule has 1 atom stereocenters. The first-order valence-corrected chi connectivity index (χ1v) is 9.93. The zero-order valence-electron chi connectivity index (χ0n) is 17.6. The van der Waals surface area contributed by atoms with Gasteiger partial charge in [0.2, 0.25) is 5.91 Å². The Labute approximate surface area is 187 Å². The van der Waals surface area contributed by atoms with Gasteiger partial charge in [-0.05, 0) is 36.2 Å². The smallest absolute Gasteiger partial charge is 0.416 e. The lowest BCUT2D eigenvalue weighted by Gasteiger charge is -2.35. The van der Waals surface area contributed by atoms with E-state index in [-0.39, 0.29) is 35.5 Å². The second-order valence-corrected chi connectivity index (χ2v) is 7.46. The molecule has 0 saturated carbocycles. The van der Waals surface area contributed by atoms with Gasteiger partial charge in [-0.3, -0.25) is 4.79 Å². The van der Waals surface area contributed by atoms with E-state index in [0.29, 0.717) is 0 Å². The summed E-state index contributed by atoms with van der Waals surface area (Å²) in [5, 5.41) is 0. The molecule has 1 aliphatic rings. The van der Waals surface area contributed by atoms with Gasteiger partial charge in [-0.25, -0.2) is 13.6 Å². The lowest BCUT2D eigenvalue weighted by Crippen LogP contribution is -2.38. The number of hydrogen-bond donors (Lipinski definition) is 0. The fourth-order valence-corrected chi connectivity index (χ4v) is 3.83. The molecule has 4 nitrogen and oxygen atoms in total. The Kier molecular flexibility index (Phi) is 7.00. The summed E-state index contributed by atoms with van der Waals surface area (Å²) in [5.74, 6) is -4.83. The number of amides is 1. The summed E-state index contributed by atoms with van der Waals surface area (Å²) in [5.41, 5.74) is -0.980. The highest BCUT2D eigenvalue weighted by Crippen LogP contribution is 2.43. The maximum Gasteiger partial charge on any atom is 0.416 e. The van der Waals surface area contributed by atoms with Gasteiger partial charge in [0.15, 0.2) is 11.6 Å². The van der Waals surface area contributed by atoms with E-state index in [1.54, 1.807) is 0 Å². The van der Waals surface area contributed by atoms with E-state index in [1.165, 1.54) is 37.3 Å². The van der Waals surface area contributed by atoms with Gasteiger partial charge >= 0.3 is 12.1 Å². The molecule has 0 aliphatic carbocycles. The first-order valence-electron chi connectivity index (χ1n) is 9.93. The van der Waals surface area contributed by atoms with Crippen LogP contribution in [0.15, 0.2) is 66.4 Å². The topological polar surface area (TPSA) is 46.6 Å². The van der Waals surface area contributed by atoms with Crippen molar-refractivity contribution >= 4 is 11.9 Å². The van der Waals surface area contributed by atoms with Crippen molar-refractivity contribution in [2.45, 2.75) is 32.0 Å². The van der Waals surface area contributed by atoms with Crippen LogP contribution < -0.4 is 0 Å². The molecule has 0 fully saturated rings. The number of carbonyl (C=O) groups excluding carboxylic acids is 2. The van der Waals surface area contributed by atoms with Crippen LogP contribution in [0.5, 0.6) is 0 Å². The van der Waals surface area contributed by atoms with Gasteiger partial charge in [-0.2, -0.15) is 13.2 Å². The molecule has 33 heavy (non-hydrogen) atoms. The molecular weight excluding hydrogens is 445 g/mol. The highest BCUT2D eigenvalue weighted by Gasteiger charge is 2.42. The van der Waals surface area contributed by atoms with Crippen molar-refractivity contribution in [1.82, 2.24) is 4.90 Å². The predicted molar refractivity (Wildman–Crippen MR) is 110 cm³/mol. The maximum atomic E-state index is 13.7. The molecule has 0 N–H and O–H groups in total. The molecular formula is C24H20F5NO3. The third kappa shape index (κ3) is 5.13. The first kappa shape index (κ1) is 24.2. The van der Waals surface area contributed by atoms with Crippen molar-refractivity contribution in [3.05, 3.63) is 94.7 Å². The van der Waals surface area contributed by atoms with Gasteiger partial charge in [0.1, 0.15) is 6.61 Å². The number of halogens is 5. The minimum absolute atomic E-state index is 0.0759. The highest BCUT2D eigenvalue weighted by atomic mass is 19.4. The zero-order valence-corrected chi connectivity index (χ0v) is 17.6. The van der Waals surface area contributed by atoms with Crippen LogP contribution in [-0.4, -0.2) is 23.4 Å². The number of nitrogens with zero attached hydrogens (tertiary/aromatic N) is 1. The van der Waals surface area contributed by atoms with Crippen molar-refractivity contribution in [3.8, 4) is 0 Å². The average Bonchev–Trinajstić information content (AvgIpc) is 2.76. The average molecular weight is 465 g/mol. The summed E-state index contributed by atoms with van der Waals surface area (Å²) in [6.07, 6.45) is -3.83. The minimum Gasteiger partial charge on any atom is -0.458 e. The van der Waals surface area contributed by atoms with Gasteiger partial charge in [0.25, 0.3) is 0 Å². The Bertz CT molecular complexity index is 1120. The second-order valence-electron chi connectivity index (χ2n) is 7.46. The molecule has 3 rings (SSSR count). The fourth-order valence-electron chi connectivity index (χ4n) is 3.83. The van der Waals surface area contributed by atoms with Crippen LogP contribution in [0.2, 0.25) is 0 Å². The van der Waals surface area contributed by atoms with Crippen LogP contribution in [0, 0.1) is 11.6 Å². The molecule has 0 unspecified atom stereocenters. The Morgan fingerprint density at radius 1 is 1.18 bits per heavy atom. The number of benzene rings is 2. The molecule has 0 saturated heterocycles. The molecule has 0 aromatic heterocycles. The number of hydrogen-bond acceptors (Lipinski definition) is 3. The van der Waals surface area contributed by atoms with Crippen molar-refractivity contribution < 1.29 is 36.3 Å². The Balaban J connectivity index is 2.11. The zero-order chi connectivity index (χ0) is 24.3. The van der Waals surface area contributed by atoms with E-state index in [0.717, 1.165) is 23.1 Å². The summed E-state index contributed by atoms with van der Waals surface area (Å²) in [6, 6.07) is 7.81. The van der Waals surface area contributed by atoms with Gasteiger partial charge in [0, 0.05) is 18.0 Å². The normalized spacial score (nSPS) is 16.7. The number of esters is 1. The molecule has 2 aromatic rings. The molecule has 1 amide bonds. The number of alkyl halides is 3. The largest absolute Gasteiger partial charge is 0.458 e. The van der Waals surface area contributed by atoms with Gasteiger partial charge in [-0.1, -0.05) is 36.9 Å². The van der Waals surface area contributed by atoms with Crippen molar-refractivity contribution in [2.24, 2.45) is 0 Å². The molecule has 9 heteroatoms. The van der Waals surface area contributed by atoms with Crippen LogP contribution in [0.25, 0.3) is 0 Å². The van der Waals surface area contributed by atoms with E-state index >= 15 is 0 Å². The molecule has 0 spiro atoms. The van der Waals surface area contributed by atoms with Crippen LogP contribution in [0.1, 0.15) is 36.0 Å². The SMILES string of the molecule is C=CCOC(=O)C1=C(C)N(Cc2ccc(F)c(F)c2)C(=O)C[C@@H]1c1ccccc1C(F)(F)F. The summed E-state index contributed by atoms with van der Waals surface area (Å²) < 4.78 is 73.0. The quantitative estimate of drug-likeness (QED) is 0.322. The molecule has 1 aliphatic heterocycles. The highest BCUT2D eigenvalue weighted by molar-refractivity contribution is 5.96. The van der Waals surface area contributed by atoms with Crippen LogP contribution in [0.3, 0.4) is 0 Å². The monoisotopic (exact) mass is 465 g/mol. The lowest BCUT2D eigenvalue weighted by molar-refractivity contribution is -0.142.